The first-order valence-electron chi connectivity index (χ1n) is 15.7. The van der Waals surface area contributed by atoms with Crippen molar-refractivity contribution in [3.63, 3.8) is 0 Å². The molecule has 2 fully saturated rings. The molecule has 2 saturated heterocycles. The number of ether oxygens (including phenoxy) is 1. The highest BCUT2D eigenvalue weighted by Crippen LogP contribution is 2.30. The number of phenols is 1. The second-order valence-electron chi connectivity index (χ2n) is 11.8. The van der Waals surface area contributed by atoms with Crippen molar-refractivity contribution in [1.82, 2.24) is 25.1 Å². The zero-order chi connectivity index (χ0) is 31.9. The third kappa shape index (κ3) is 7.57. The molecule has 2 aliphatic rings. The van der Waals surface area contributed by atoms with Gasteiger partial charge in [-0.25, -0.2) is 14.8 Å². The Balaban J connectivity index is 1.48. The van der Waals surface area contributed by atoms with E-state index in [1.165, 1.54) is 0 Å². The van der Waals surface area contributed by atoms with Crippen LogP contribution >= 0.6 is 0 Å². The van der Waals surface area contributed by atoms with Gasteiger partial charge in [0, 0.05) is 26.1 Å². The van der Waals surface area contributed by atoms with Crippen LogP contribution in [0.25, 0.3) is 0 Å². The molecule has 0 bridgehead atoms. The maximum atomic E-state index is 14.1. The molecule has 10 nitrogen and oxygen atoms in total. The number of carbonyl (C=O) groups is 3. The number of hydrazine groups is 1. The summed E-state index contributed by atoms with van der Waals surface area (Å²) in [6.07, 6.45) is 1.96. The predicted octanol–water partition coefficient (Wildman–Crippen LogP) is 4.10. The van der Waals surface area contributed by atoms with Crippen molar-refractivity contribution in [3.8, 4) is 11.5 Å². The van der Waals surface area contributed by atoms with E-state index in [4.69, 9.17) is 4.74 Å². The number of nitrogens with zero attached hydrogens (tertiary/aromatic N) is 4. The number of urea groups is 1. The Hall–Kier alpha value is -4.57. The van der Waals surface area contributed by atoms with E-state index in [0.29, 0.717) is 26.1 Å². The molecule has 3 aromatic rings. The molecule has 3 aromatic carbocycles. The van der Waals surface area contributed by atoms with Crippen molar-refractivity contribution in [3.05, 3.63) is 95.1 Å². The topological polar surface area (TPSA) is 106 Å². The minimum atomic E-state index is -0.802. The number of aryl methyl sites for hydroxylation is 1. The number of rotatable bonds is 11. The number of piperazine rings is 1. The molecule has 45 heavy (non-hydrogen) atoms. The Bertz CT molecular complexity index is 1460. The van der Waals surface area contributed by atoms with Gasteiger partial charge in [0.05, 0.1) is 20.2 Å². The highest BCUT2D eigenvalue weighted by Gasteiger charge is 2.51. The minimum Gasteiger partial charge on any atom is -0.508 e. The molecule has 2 atom stereocenters. The number of amides is 4. The molecule has 0 aromatic heterocycles. The summed E-state index contributed by atoms with van der Waals surface area (Å²) in [6.45, 7) is 5.57. The van der Waals surface area contributed by atoms with Gasteiger partial charge in [0.15, 0.2) is 0 Å². The summed E-state index contributed by atoms with van der Waals surface area (Å²) >= 11 is 0. The van der Waals surface area contributed by atoms with Crippen molar-refractivity contribution in [2.24, 2.45) is 0 Å². The van der Waals surface area contributed by atoms with Gasteiger partial charge in [-0.1, -0.05) is 67.4 Å². The van der Waals surface area contributed by atoms with Crippen LogP contribution in [0.5, 0.6) is 11.5 Å². The van der Waals surface area contributed by atoms with Gasteiger partial charge in [0.1, 0.15) is 23.7 Å². The summed E-state index contributed by atoms with van der Waals surface area (Å²) in [5.74, 6) is 0.538. The summed E-state index contributed by atoms with van der Waals surface area (Å²) < 4.78 is 5.29. The quantitative estimate of drug-likeness (QED) is 0.316. The number of nitrogens with one attached hydrogen (secondary N) is 1. The van der Waals surface area contributed by atoms with Crippen molar-refractivity contribution >= 4 is 17.8 Å². The molecule has 0 saturated carbocycles. The Morgan fingerprint density at radius 1 is 0.956 bits per heavy atom. The lowest BCUT2D eigenvalue weighted by Gasteiger charge is -2.55. The van der Waals surface area contributed by atoms with Crippen molar-refractivity contribution in [2.75, 3.05) is 33.3 Å². The molecule has 238 valence electrons. The van der Waals surface area contributed by atoms with Crippen LogP contribution in [0.1, 0.15) is 42.0 Å². The summed E-state index contributed by atoms with van der Waals surface area (Å²) in [7, 11) is 1.62. The number of hydrogen-bond acceptors (Lipinski definition) is 6. The van der Waals surface area contributed by atoms with Gasteiger partial charge in [0.2, 0.25) is 11.8 Å². The molecule has 0 unspecified atom stereocenters. The number of benzene rings is 3. The van der Waals surface area contributed by atoms with E-state index in [2.05, 4.69) is 12.2 Å². The van der Waals surface area contributed by atoms with Crippen molar-refractivity contribution in [1.29, 1.82) is 0 Å². The van der Waals surface area contributed by atoms with Crippen LogP contribution in [-0.4, -0.2) is 88.3 Å². The second-order valence-corrected chi connectivity index (χ2v) is 11.8. The zero-order valence-electron chi connectivity index (χ0n) is 26.3. The molecular formula is C35H43N5O5. The van der Waals surface area contributed by atoms with Gasteiger partial charge in [-0.15, -0.1) is 0 Å². The number of methoxy groups -OCH3 is 1. The Labute approximate surface area is 265 Å². The number of unbranched alkanes of at least 4 members (excludes halogenated alkanes) is 1. The van der Waals surface area contributed by atoms with E-state index in [1.807, 2.05) is 60.5 Å². The third-order valence-electron chi connectivity index (χ3n) is 8.53. The SMILES string of the molecule is CCCCNC(=O)N1[C@H]2CN(CCc3ccc(OC)cc3)C(=O)[C@H](Cc3ccc(O)cc3)N2C(=O)CN1Cc1ccc(C)cc1. The van der Waals surface area contributed by atoms with E-state index < -0.39 is 12.2 Å². The van der Waals surface area contributed by atoms with Gasteiger partial charge in [-0.05, 0) is 60.7 Å². The van der Waals surface area contributed by atoms with Gasteiger partial charge in [0.25, 0.3) is 0 Å². The molecule has 2 N–H and O–H groups in total. The van der Waals surface area contributed by atoms with E-state index in [1.54, 1.807) is 46.2 Å². The molecule has 10 heteroatoms. The van der Waals surface area contributed by atoms with Crippen LogP contribution in [0.2, 0.25) is 0 Å². The second kappa shape index (κ2) is 14.5. The lowest BCUT2D eigenvalue weighted by Crippen LogP contribution is -2.76. The van der Waals surface area contributed by atoms with Crippen LogP contribution in [0.4, 0.5) is 4.79 Å². The Kier molecular flexibility index (Phi) is 10.2. The van der Waals surface area contributed by atoms with Crippen molar-refractivity contribution < 1.29 is 24.2 Å². The largest absolute Gasteiger partial charge is 0.508 e. The van der Waals surface area contributed by atoms with Gasteiger partial charge in [-0.3, -0.25) is 9.59 Å². The normalized spacial score (nSPS) is 18.6. The Morgan fingerprint density at radius 2 is 1.62 bits per heavy atom. The zero-order valence-corrected chi connectivity index (χ0v) is 26.3. The lowest BCUT2D eigenvalue weighted by atomic mass is 9.98. The van der Waals surface area contributed by atoms with Crippen LogP contribution in [0, 0.1) is 6.92 Å². The van der Waals surface area contributed by atoms with Crippen molar-refractivity contribution in [2.45, 2.75) is 58.3 Å². The lowest BCUT2D eigenvalue weighted by molar-refractivity contribution is -0.191. The van der Waals surface area contributed by atoms with E-state index in [0.717, 1.165) is 40.8 Å². The average Bonchev–Trinajstić information content (AvgIpc) is 3.04. The number of carbonyl (C=O) groups excluding carboxylic acids is 3. The molecule has 2 aliphatic heterocycles. The standard InChI is InChI=1S/C35H43N5O5/c1-4-5-19-36-35(44)40-32-23-37(20-18-26-12-16-30(45-3)17-13-26)34(43)31(21-27-10-14-29(41)15-11-27)39(32)33(42)24-38(40)22-28-8-6-25(2)7-9-28/h6-17,31-32,41H,4-5,18-24H2,1-3H3,(H,36,44)/t31-,32-/m0/s1. The predicted molar refractivity (Wildman–Crippen MR) is 171 cm³/mol. The molecule has 0 spiro atoms. The van der Waals surface area contributed by atoms with Gasteiger partial charge < -0.3 is 25.0 Å². The summed E-state index contributed by atoms with van der Waals surface area (Å²) in [5.41, 5.74) is 3.98. The average molecular weight is 614 g/mol. The van der Waals surface area contributed by atoms with E-state index in [9.17, 15) is 19.5 Å². The number of hydrogen-bond donors (Lipinski definition) is 2. The molecular weight excluding hydrogens is 570 g/mol. The maximum Gasteiger partial charge on any atom is 0.333 e. The monoisotopic (exact) mass is 613 g/mol. The highest BCUT2D eigenvalue weighted by molar-refractivity contribution is 5.91. The summed E-state index contributed by atoms with van der Waals surface area (Å²) in [5, 5.41) is 16.4. The third-order valence-corrected chi connectivity index (χ3v) is 8.53. The van der Waals surface area contributed by atoms with Crippen LogP contribution < -0.4 is 10.1 Å². The fourth-order valence-corrected chi connectivity index (χ4v) is 6.00. The fourth-order valence-electron chi connectivity index (χ4n) is 6.00. The van der Waals surface area contributed by atoms with Crippen LogP contribution in [0.3, 0.4) is 0 Å². The number of phenolic OH excluding ortho intramolecular Hbond substituents is 1. The number of aromatic hydroxyl groups is 1. The first kappa shape index (κ1) is 31.8. The molecule has 5 rings (SSSR count). The van der Waals surface area contributed by atoms with Crippen LogP contribution in [-0.2, 0) is 29.0 Å². The van der Waals surface area contributed by atoms with E-state index in [-0.39, 0.29) is 43.1 Å². The first-order chi connectivity index (χ1) is 21.8. The molecule has 4 amide bonds. The number of fused-ring (bicyclic) bond motifs is 1. The van der Waals surface area contributed by atoms with Gasteiger partial charge >= 0.3 is 6.03 Å². The Morgan fingerprint density at radius 3 is 2.29 bits per heavy atom. The molecule has 0 radical (unpaired) electrons. The summed E-state index contributed by atoms with van der Waals surface area (Å²) in [4.78, 5) is 45.4. The van der Waals surface area contributed by atoms with Crippen LogP contribution in [0.15, 0.2) is 72.8 Å². The highest BCUT2D eigenvalue weighted by atomic mass is 16.5. The molecule has 0 aliphatic carbocycles. The smallest absolute Gasteiger partial charge is 0.333 e. The fraction of sp³-hybridized carbons (Fsp3) is 0.400. The van der Waals surface area contributed by atoms with E-state index >= 15 is 0 Å². The van der Waals surface area contributed by atoms with Gasteiger partial charge in [-0.2, -0.15) is 0 Å². The first-order valence-corrected chi connectivity index (χ1v) is 15.7. The maximum absolute atomic E-state index is 14.1. The minimum absolute atomic E-state index is 0.0310. The molecule has 2 heterocycles. The summed E-state index contributed by atoms with van der Waals surface area (Å²) in [6, 6.07) is 21.4.